The first-order chi connectivity index (χ1) is 8.42. The van der Waals surface area contributed by atoms with Crippen LogP contribution in [0, 0.1) is 17.3 Å². The van der Waals surface area contributed by atoms with Crippen LogP contribution in [0.3, 0.4) is 0 Å². The molecule has 0 aliphatic carbocycles. The Morgan fingerprint density at radius 3 is 2.78 bits per heavy atom. The number of aromatic nitrogens is 3. The largest absolute Gasteiger partial charge is 0.335 e. The normalized spacial score (nSPS) is 12.4. The van der Waals surface area contributed by atoms with Gasteiger partial charge < -0.3 is 5.32 Å². The molecule has 2 N–H and O–H groups in total. The summed E-state index contributed by atoms with van der Waals surface area (Å²) in [4.78, 5) is 15.6. The number of carbonyl (C=O) groups is 1. The summed E-state index contributed by atoms with van der Waals surface area (Å²) in [5, 5.41) is 9.46. The number of hydrogen-bond acceptors (Lipinski definition) is 3. The van der Waals surface area contributed by atoms with E-state index in [4.69, 9.17) is 0 Å². The van der Waals surface area contributed by atoms with Gasteiger partial charge >= 0.3 is 0 Å². The van der Waals surface area contributed by atoms with Crippen molar-refractivity contribution in [1.29, 1.82) is 0 Å². The second-order valence-electron chi connectivity index (χ2n) is 5.37. The molecule has 0 bridgehead atoms. The number of aromatic amines is 1. The molecule has 0 saturated carbocycles. The molecular weight excluding hydrogens is 228 g/mol. The molecule has 98 valence electrons. The maximum atomic E-state index is 11.5. The van der Waals surface area contributed by atoms with Gasteiger partial charge in [-0.1, -0.05) is 26.7 Å². The molecule has 1 amide bonds. The predicted molar refractivity (Wildman–Crippen MR) is 69.4 cm³/mol. The van der Waals surface area contributed by atoms with E-state index in [1.165, 1.54) is 6.33 Å². The first-order valence-electron chi connectivity index (χ1n) is 6.01. The van der Waals surface area contributed by atoms with Crippen LogP contribution in [0.5, 0.6) is 0 Å². The van der Waals surface area contributed by atoms with Crippen molar-refractivity contribution in [1.82, 2.24) is 20.5 Å². The second-order valence-corrected chi connectivity index (χ2v) is 5.37. The lowest BCUT2D eigenvalue weighted by atomic mass is 9.88. The van der Waals surface area contributed by atoms with E-state index in [-0.39, 0.29) is 17.4 Å². The van der Waals surface area contributed by atoms with E-state index in [0.29, 0.717) is 5.82 Å². The molecule has 1 unspecified atom stereocenters. The lowest BCUT2D eigenvalue weighted by Crippen LogP contribution is -2.29. The Bertz CT molecular complexity index is 434. The van der Waals surface area contributed by atoms with Gasteiger partial charge in [-0.25, -0.2) is 4.98 Å². The van der Waals surface area contributed by atoms with Crippen LogP contribution in [0.25, 0.3) is 0 Å². The summed E-state index contributed by atoms with van der Waals surface area (Å²) >= 11 is 0. The molecule has 5 heteroatoms. The molecule has 1 aromatic rings. The third-order valence-electron chi connectivity index (χ3n) is 2.49. The maximum absolute atomic E-state index is 11.5. The smallest absolute Gasteiger partial charge is 0.296 e. The van der Waals surface area contributed by atoms with Crippen LogP contribution in [-0.4, -0.2) is 21.1 Å². The third kappa shape index (κ3) is 5.00. The predicted octanol–water partition coefficient (Wildman–Crippen LogP) is 1.81. The number of nitrogens with zero attached hydrogens (tertiary/aromatic N) is 2. The summed E-state index contributed by atoms with van der Waals surface area (Å²) in [5.41, 5.74) is 0.208. The zero-order chi connectivity index (χ0) is 13.6. The van der Waals surface area contributed by atoms with Gasteiger partial charge in [0.2, 0.25) is 0 Å². The maximum Gasteiger partial charge on any atom is 0.296 e. The summed E-state index contributed by atoms with van der Waals surface area (Å²) in [6, 6.07) is -0.167. The molecule has 18 heavy (non-hydrogen) atoms. The van der Waals surface area contributed by atoms with Crippen LogP contribution in [0.2, 0.25) is 0 Å². The molecule has 0 aliphatic rings. The van der Waals surface area contributed by atoms with Crippen molar-refractivity contribution in [2.24, 2.45) is 5.41 Å². The van der Waals surface area contributed by atoms with Gasteiger partial charge in [0.15, 0.2) is 0 Å². The summed E-state index contributed by atoms with van der Waals surface area (Å²) in [6.07, 6.45) is 3.21. The van der Waals surface area contributed by atoms with E-state index in [0.717, 1.165) is 12.8 Å². The van der Waals surface area contributed by atoms with E-state index in [2.05, 4.69) is 53.1 Å². The summed E-state index contributed by atoms with van der Waals surface area (Å²) in [6.45, 7) is 8.13. The molecule has 1 heterocycles. The quantitative estimate of drug-likeness (QED) is 0.798. The van der Waals surface area contributed by atoms with Crippen molar-refractivity contribution in [3.05, 3.63) is 12.2 Å². The third-order valence-corrected chi connectivity index (χ3v) is 2.49. The number of nitrogens with one attached hydrogen (secondary N) is 2. The topological polar surface area (TPSA) is 70.7 Å². The molecule has 0 saturated heterocycles. The summed E-state index contributed by atoms with van der Waals surface area (Å²) < 4.78 is 0. The average Bonchev–Trinajstić information content (AvgIpc) is 2.76. The monoisotopic (exact) mass is 248 g/mol. The Hall–Kier alpha value is -1.83. The van der Waals surface area contributed by atoms with Crippen molar-refractivity contribution < 1.29 is 4.79 Å². The standard InChI is InChI=1S/C13H20N4O/c1-5-6-11(18)16-10(7-8-13(2,3)4)12-14-9-15-17-12/h9-10H,7-8H2,1-4H3,(H,16,18)(H,14,15,17). The number of H-pyrrole nitrogens is 1. The molecule has 5 nitrogen and oxygen atoms in total. The van der Waals surface area contributed by atoms with Gasteiger partial charge in [-0.15, -0.1) is 0 Å². The van der Waals surface area contributed by atoms with Gasteiger partial charge in [-0.3, -0.25) is 9.89 Å². The van der Waals surface area contributed by atoms with Gasteiger partial charge in [0.25, 0.3) is 5.91 Å². The van der Waals surface area contributed by atoms with E-state index in [9.17, 15) is 4.79 Å². The molecule has 0 spiro atoms. The molecule has 0 aliphatic heterocycles. The van der Waals surface area contributed by atoms with Crippen LogP contribution >= 0.6 is 0 Å². The highest BCUT2D eigenvalue weighted by atomic mass is 16.1. The molecule has 1 atom stereocenters. The van der Waals surface area contributed by atoms with Crippen LogP contribution in [0.1, 0.15) is 52.4 Å². The van der Waals surface area contributed by atoms with Gasteiger partial charge in [0.1, 0.15) is 12.2 Å². The lowest BCUT2D eigenvalue weighted by molar-refractivity contribution is -0.116. The minimum absolute atomic E-state index is 0.167. The first kappa shape index (κ1) is 14.2. The van der Waals surface area contributed by atoms with Crippen LogP contribution in [-0.2, 0) is 4.79 Å². The SMILES string of the molecule is CC#CC(=O)NC(CCC(C)(C)C)c1ncn[nH]1. The van der Waals surface area contributed by atoms with Crippen molar-refractivity contribution in [3.8, 4) is 11.8 Å². The van der Waals surface area contributed by atoms with E-state index >= 15 is 0 Å². The first-order valence-corrected chi connectivity index (χ1v) is 6.01. The van der Waals surface area contributed by atoms with E-state index in [1.54, 1.807) is 6.92 Å². The Labute approximate surface area is 108 Å². The zero-order valence-corrected chi connectivity index (χ0v) is 11.4. The Morgan fingerprint density at radius 2 is 2.28 bits per heavy atom. The second kappa shape index (κ2) is 6.20. The van der Waals surface area contributed by atoms with Crippen LogP contribution in [0.4, 0.5) is 0 Å². The van der Waals surface area contributed by atoms with Crippen molar-refractivity contribution >= 4 is 5.91 Å². The minimum atomic E-state index is -0.284. The lowest BCUT2D eigenvalue weighted by Gasteiger charge is -2.22. The van der Waals surface area contributed by atoms with Crippen molar-refractivity contribution in [3.63, 3.8) is 0 Å². The van der Waals surface area contributed by atoms with Gasteiger partial charge in [-0.05, 0) is 31.1 Å². The highest BCUT2D eigenvalue weighted by Gasteiger charge is 2.20. The van der Waals surface area contributed by atoms with Gasteiger partial charge in [-0.2, -0.15) is 5.10 Å². The molecular formula is C13H20N4O. The fourth-order valence-electron chi connectivity index (χ4n) is 1.55. The Morgan fingerprint density at radius 1 is 1.56 bits per heavy atom. The van der Waals surface area contributed by atoms with Crippen molar-refractivity contribution in [2.75, 3.05) is 0 Å². The Kier molecular flexibility index (Phi) is 4.90. The molecule has 1 aromatic heterocycles. The summed E-state index contributed by atoms with van der Waals surface area (Å²) in [5.74, 6) is 5.44. The fourth-order valence-corrected chi connectivity index (χ4v) is 1.55. The van der Waals surface area contributed by atoms with Crippen LogP contribution < -0.4 is 5.32 Å². The Balaban J connectivity index is 2.69. The number of rotatable bonds is 4. The highest BCUT2D eigenvalue weighted by Crippen LogP contribution is 2.25. The van der Waals surface area contributed by atoms with Gasteiger partial charge in [0.05, 0.1) is 6.04 Å². The van der Waals surface area contributed by atoms with Crippen LogP contribution in [0.15, 0.2) is 6.33 Å². The zero-order valence-electron chi connectivity index (χ0n) is 11.4. The number of amides is 1. The molecule has 1 rings (SSSR count). The number of carbonyl (C=O) groups excluding carboxylic acids is 1. The summed E-state index contributed by atoms with van der Waals surface area (Å²) in [7, 11) is 0. The number of hydrogen-bond donors (Lipinski definition) is 2. The van der Waals surface area contributed by atoms with E-state index in [1.807, 2.05) is 0 Å². The molecule has 0 fully saturated rings. The minimum Gasteiger partial charge on any atom is -0.335 e. The highest BCUT2D eigenvalue weighted by molar-refractivity contribution is 5.93. The van der Waals surface area contributed by atoms with E-state index < -0.39 is 0 Å². The fraction of sp³-hybridized carbons (Fsp3) is 0.615. The molecule has 0 radical (unpaired) electrons. The van der Waals surface area contributed by atoms with Crippen molar-refractivity contribution in [2.45, 2.75) is 46.6 Å². The van der Waals surface area contributed by atoms with Gasteiger partial charge in [0, 0.05) is 0 Å². The average molecular weight is 248 g/mol. The molecule has 0 aromatic carbocycles.